The van der Waals surface area contributed by atoms with Gasteiger partial charge in [-0.3, -0.25) is 0 Å². The summed E-state index contributed by atoms with van der Waals surface area (Å²) in [7, 11) is 0. The summed E-state index contributed by atoms with van der Waals surface area (Å²) in [5.41, 5.74) is 7.94. The third kappa shape index (κ3) is 2.60. The van der Waals surface area contributed by atoms with E-state index in [1.165, 1.54) is 12.8 Å². The number of halogens is 1. The number of nitrogens with zero attached hydrogens (tertiary/aromatic N) is 2. The van der Waals surface area contributed by atoms with E-state index in [1.807, 2.05) is 36.8 Å². The maximum atomic E-state index is 6.18. The number of aromatic nitrogens is 2. The van der Waals surface area contributed by atoms with E-state index in [1.54, 1.807) is 0 Å². The number of benzene rings is 1. The molecule has 1 aliphatic carbocycles. The molecule has 5 heteroatoms. The third-order valence-electron chi connectivity index (χ3n) is 3.43. The number of para-hydroxylation sites is 1. The molecule has 4 nitrogen and oxygen atoms in total. The predicted octanol–water partition coefficient (Wildman–Crippen LogP) is 2.98. The number of anilines is 1. The van der Waals surface area contributed by atoms with Crippen molar-refractivity contribution >= 4 is 17.3 Å². The van der Waals surface area contributed by atoms with Crippen LogP contribution in [0.25, 0.3) is 0 Å². The molecule has 0 aliphatic heterocycles. The third-order valence-corrected chi connectivity index (χ3v) is 3.76. The molecule has 1 aromatic heterocycles. The Kier molecular flexibility index (Phi) is 3.44. The molecule has 0 radical (unpaired) electrons. The zero-order valence-electron chi connectivity index (χ0n) is 10.6. The van der Waals surface area contributed by atoms with Crippen LogP contribution in [0.2, 0.25) is 5.02 Å². The minimum absolute atomic E-state index is 0.0306. The van der Waals surface area contributed by atoms with Crippen molar-refractivity contribution in [2.75, 3.05) is 11.9 Å². The molecule has 3 N–H and O–H groups in total. The van der Waals surface area contributed by atoms with Gasteiger partial charge in [0.1, 0.15) is 0 Å². The predicted molar refractivity (Wildman–Crippen MR) is 77.4 cm³/mol. The molecule has 1 aromatic carbocycles. The summed E-state index contributed by atoms with van der Waals surface area (Å²) >= 11 is 6.18. The second-order valence-electron chi connectivity index (χ2n) is 4.87. The number of hydrogen-bond donors (Lipinski definition) is 2. The van der Waals surface area contributed by atoms with Crippen molar-refractivity contribution in [2.24, 2.45) is 5.73 Å². The summed E-state index contributed by atoms with van der Waals surface area (Å²) in [5.74, 6) is 0. The summed E-state index contributed by atoms with van der Waals surface area (Å²) in [4.78, 5) is 4.25. The summed E-state index contributed by atoms with van der Waals surface area (Å²) in [6.07, 6.45) is 6.24. The molecule has 0 spiro atoms. The molecule has 19 heavy (non-hydrogen) atoms. The SMILES string of the molecule is NCC(Nc1ccccc1Cl)c1cncn1C1CC1. The van der Waals surface area contributed by atoms with Crippen molar-refractivity contribution in [2.45, 2.75) is 24.9 Å². The topological polar surface area (TPSA) is 55.9 Å². The Morgan fingerprint density at radius 2 is 2.21 bits per heavy atom. The van der Waals surface area contributed by atoms with Gasteiger partial charge in [-0.15, -0.1) is 0 Å². The van der Waals surface area contributed by atoms with E-state index in [0.717, 1.165) is 11.4 Å². The van der Waals surface area contributed by atoms with Crippen LogP contribution in [0.4, 0.5) is 5.69 Å². The first kappa shape index (κ1) is 12.5. The van der Waals surface area contributed by atoms with Gasteiger partial charge in [-0.25, -0.2) is 4.98 Å². The number of nitrogens with two attached hydrogens (primary N) is 1. The summed E-state index contributed by atoms with van der Waals surface area (Å²) in [6, 6.07) is 8.33. The average Bonchev–Trinajstić information content (AvgIpc) is 3.16. The van der Waals surface area contributed by atoms with Gasteiger partial charge in [-0.2, -0.15) is 0 Å². The Balaban J connectivity index is 1.84. The quantitative estimate of drug-likeness (QED) is 0.883. The van der Waals surface area contributed by atoms with E-state index in [0.29, 0.717) is 17.6 Å². The highest BCUT2D eigenvalue weighted by molar-refractivity contribution is 6.33. The summed E-state index contributed by atoms with van der Waals surface area (Å²) in [5, 5.41) is 4.11. The molecule has 1 atom stereocenters. The molecule has 1 aliphatic rings. The molecule has 1 heterocycles. The lowest BCUT2D eigenvalue weighted by Crippen LogP contribution is -2.23. The lowest BCUT2D eigenvalue weighted by atomic mass is 10.2. The van der Waals surface area contributed by atoms with Gasteiger partial charge in [-0.1, -0.05) is 23.7 Å². The van der Waals surface area contributed by atoms with Crippen LogP contribution in [-0.2, 0) is 0 Å². The number of rotatable bonds is 5. The molecular formula is C14H17ClN4. The van der Waals surface area contributed by atoms with E-state index < -0.39 is 0 Å². The van der Waals surface area contributed by atoms with Gasteiger partial charge in [0.25, 0.3) is 0 Å². The highest BCUT2D eigenvalue weighted by Crippen LogP contribution is 2.37. The molecule has 100 valence electrons. The molecular weight excluding hydrogens is 260 g/mol. The minimum Gasteiger partial charge on any atom is -0.374 e. The Morgan fingerprint density at radius 1 is 1.42 bits per heavy atom. The number of nitrogens with one attached hydrogen (secondary N) is 1. The zero-order valence-corrected chi connectivity index (χ0v) is 11.3. The fraction of sp³-hybridized carbons (Fsp3) is 0.357. The minimum atomic E-state index is 0.0306. The van der Waals surface area contributed by atoms with E-state index in [-0.39, 0.29) is 6.04 Å². The Hall–Kier alpha value is -1.52. The van der Waals surface area contributed by atoms with Gasteiger partial charge in [0.05, 0.1) is 35.0 Å². The normalized spacial score (nSPS) is 16.3. The van der Waals surface area contributed by atoms with Crippen LogP contribution < -0.4 is 11.1 Å². The Labute approximate surface area is 117 Å². The molecule has 0 amide bonds. The van der Waals surface area contributed by atoms with Gasteiger partial charge in [0, 0.05) is 12.6 Å². The second-order valence-corrected chi connectivity index (χ2v) is 5.28. The van der Waals surface area contributed by atoms with E-state index >= 15 is 0 Å². The van der Waals surface area contributed by atoms with Crippen molar-refractivity contribution < 1.29 is 0 Å². The standard InChI is InChI=1S/C14H17ClN4/c15-11-3-1-2-4-12(11)18-13(7-16)14-8-17-9-19(14)10-5-6-10/h1-4,8-10,13,18H,5-7,16H2. The van der Waals surface area contributed by atoms with E-state index in [4.69, 9.17) is 17.3 Å². The maximum absolute atomic E-state index is 6.18. The lowest BCUT2D eigenvalue weighted by Gasteiger charge is -2.20. The molecule has 1 fully saturated rings. The smallest absolute Gasteiger partial charge is 0.0951 e. The number of hydrogen-bond acceptors (Lipinski definition) is 3. The van der Waals surface area contributed by atoms with Crippen molar-refractivity contribution in [1.29, 1.82) is 0 Å². The van der Waals surface area contributed by atoms with Crippen LogP contribution in [0.5, 0.6) is 0 Å². The second kappa shape index (κ2) is 5.23. The summed E-state index contributed by atoms with van der Waals surface area (Å²) < 4.78 is 2.22. The van der Waals surface area contributed by atoms with Crippen LogP contribution in [0, 0.1) is 0 Å². The van der Waals surface area contributed by atoms with Crippen molar-refractivity contribution in [3.63, 3.8) is 0 Å². The average molecular weight is 277 g/mol. The van der Waals surface area contributed by atoms with Crippen molar-refractivity contribution in [1.82, 2.24) is 9.55 Å². The molecule has 3 rings (SSSR count). The first-order chi connectivity index (χ1) is 9.29. The number of imidazole rings is 1. The van der Waals surface area contributed by atoms with E-state index in [9.17, 15) is 0 Å². The zero-order chi connectivity index (χ0) is 13.2. The highest BCUT2D eigenvalue weighted by Gasteiger charge is 2.27. The largest absolute Gasteiger partial charge is 0.374 e. The molecule has 1 unspecified atom stereocenters. The van der Waals surface area contributed by atoms with Gasteiger partial charge >= 0.3 is 0 Å². The Bertz CT molecular complexity index is 562. The maximum Gasteiger partial charge on any atom is 0.0951 e. The molecule has 0 bridgehead atoms. The van der Waals surface area contributed by atoms with Crippen LogP contribution in [0.3, 0.4) is 0 Å². The van der Waals surface area contributed by atoms with Gasteiger partial charge in [0.15, 0.2) is 0 Å². The van der Waals surface area contributed by atoms with E-state index in [2.05, 4.69) is 14.9 Å². The first-order valence-electron chi connectivity index (χ1n) is 6.52. The van der Waals surface area contributed by atoms with Crippen LogP contribution in [0.1, 0.15) is 30.6 Å². The fourth-order valence-electron chi connectivity index (χ4n) is 2.26. The monoisotopic (exact) mass is 276 g/mol. The molecule has 2 aromatic rings. The van der Waals surface area contributed by atoms with Gasteiger partial charge in [-0.05, 0) is 25.0 Å². The lowest BCUT2D eigenvalue weighted by molar-refractivity contribution is 0.642. The van der Waals surface area contributed by atoms with Crippen LogP contribution in [-0.4, -0.2) is 16.1 Å². The fourth-order valence-corrected chi connectivity index (χ4v) is 2.45. The highest BCUT2D eigenvalue weighted by atomic mass is 35.5. The molecule has 0 saturated heterocycles. The molecule has 1 saturated carbocycles. The van der Waals surface area contributed by atoms with Gasteiger partial charge < -0.3 is 15.6 Å². The first-order valence-corrected chi connectivity index (χ1v) is 6.90. The van der Waals surface area contributed by atoms with Crippen LogP contribution >= 0.6 is 11.6 Å². The van der Waals surface area contributed by atoms with Crippen LogP contribution in [0.15, 0.2) is 36.8 Å². The van der Waals surface area contributed by atoms with Crippen molar-refractivity contribution in [3.05, 3.63) is 47.5 Å². The summed E-state index contributed by atoms with van der Waals surface area (Å²) in [6.45, 7) is 0.504. The van der Waals surface area contributed by atoms with Crippen molar-refractivity contribution in [3.8, 4) is 0 Å². The van der Waals surface area contributed by atoms with Gasteiger partial charge in [0.2, 0.25) is 0 Å². The Morgan fingerprint density at radius 3 is 2.89 bits per heavy atom.